The molecule has 2 N–H and O–H groups in total. The van der Waals surface area contributed by atoms with Gasteiger partial charge in [-0.25, -0.2) is 0 Å². The van der Waals surface area contributed by atoms with Gasteiger partial charge < -0.3 is 10.2 Å². The van der Waals surface area contributed by atoms with Crippen LogP contribution in [0.3, 0.4) is 0 Å². The van der Waals surface area contributed by atoms with E-state index in [0.717, 1.165) is 0 Å². The van der Waals surface area contributed by atoms with Gasteiger partial charge in [-0.05, 0) is 11.6 Å². The molecule has 0 spiro atoms. The van der Waals surface area contributed by atoms with Crippen molar-refractivity contribution in [1.29, 1.82) is 0 Å². The number of aliphatic hydroxyl groups excluding tert-OH is 1. The number of carboxylic acids is 1. The summed E-state index contributed by atoms with van der Waals surface area (Å²) in [4.78, 5) is 10.7. The van der Waals surface area contributed by atoms with E-state index in [0.29, 0.717) is 10.0 Å². The predicted octanol–water partition coefficient (Wildman–Crippen LogP) is 1.61. The molecule has 4 heteroatoms. The number of aliphatic carboxylic acids is 1. The van der Waals surface area contributed by atoms with Crippen molar-refractivity contribution in [3.8, 4) is 0 Å². The Morgan fingerprint density at radius 3 is 2.54 bits per heavy atom. The van der Waals surface area contributed by atoms with Gasteiger partial charge in [0.1, 0.15) is 5.92 Å². The van der Waals surface area contributed by atoms with Crippen molar-refractivity contribution in [3.63, 3.8) is 0 Å². The third-order valence-electron chi connectivity index (χ3n) is 1.76. The molecule has 1 unspecified atom stereocenters. The topological polar surface area (TPSA) is 57.5 Å². The molecule has 1 rings (SSSR count). The molecule has 0 aromatic heterocycles. The number of carboxylic acid groups (broad SMARTS) is 1. The average molecular weight is 245 g/mol. The monoisotopic (exact) mass is 244 g/mol. The minimum absolute atomic E-state index is 0.391. The fourth-order valence-corrected chi connectivity index (χ4v) is 1.63. The number of carbonyl (C=O) groups is 1. The summed E-state index contributed by atoms with van der Waals surface area (Å²) in [5.41, 5.74) is 0.595. The summed E-state index contributed by atoms with van der Waals surface area (Å²) < 4.78 is 0.705. The molecule has 70 valence electrons. The number of rotatable bonds is 3. The predicted molar refractivity (Wildman–Crippen MR) is 51.6 cm³/mol. The summed E-state index contributed by atoms with van der Waals surface area (Å²) in [6.45, 7) is -0.391. The summed E-state index contributed by atoms with van der Waals surface area (Å²) in [7, 11) is 0. The van der Waals surface area contributed by atoms with Gasteiger partial charge in [-0.15, -0.1) is 0 Å². The molecule has 0 bridgehead atoms. The van der Waals surface area contributed by atoms with Crippen LogP contribution in [-0.4, -0.2) is 22.8 Å². The highest BCUT2D eigenvalue weighted by Gasteiger charge is 2.20. The smallest absolute Gasteiger partial charge is 0.313 e. The second-order valence-corrected chi connectivity index (χ2v) is 3.45. The summed E-state index contributed by atoms with van der Waals surface area (Å²) in [5.74, 6) is -1.87. The Bertz CT molecular complexity index is 311. The first-order chi connectivity index (χ1) is 6.16. The molecule has 0 radical (unpaired) electrons. The van der Waals surface area contributed by atoms with Crippen LogP contribution in [0.4, 0.5) is 0 Å². The molecule has 0 aliphatic carbocycles. The van der Waals surface area contributed by atoms with E-state index < -0.39 is 18.5 Å². The average Bonchev–Trinajstić information content (AvgIpc) is 2.09. The van der Waals surface area contributed by atoms with Gasteiger partial charge in [0, 0.05) is 4.47 Å². The van der Waals surface area contributed by atoms with Crippen LogP contribution in [0.5, 0.6) is 0 Å². The minimum Gasteiger partial charge on any atom is -0.481 e. The molecule has 0 amide bonds. The fraction of sp³-hybridized carbons (Fsp3) is 0.222. The Morgan fingerprint density at radius 2 is 2.08 bits per heavy atom. The van der Waals surface area contributed by atoms with Crippen molar-refractivity contribution in [2.75, 3.05) is 6.61 Å². The molecule has 13 heavy (non-hydrogen) atoms. The molecule has 1 aromatic rings. The second-order valence-electron chi connectivity index (χ2n) is 2.59. The molecule has 0 aliphatic rings. The molecule has 0 saturated carbocycles. The van der Waals surface area contributed by atoms with E-state index in [9.17, 15) is 4.79 Å². The lowest BCUT2D eigenvalue weighted by molar-refractivity contribution is -0.139. The van der Waals surface area contributed by atoms with Crippen molar-refractivity contribution in [1.82, 2.24) is 0 Å². The minimum atomic E-state index is -1.02. The van der Waals surface area contributed by atoms with Crippen LogP contribution in [0.15, 0.2) is 28.7 Å². The largest absolute Gasteiger partial charge is 0.481 e. The Morgan fingerprint density at radius 1 is 1.46 bits per heavy atom. The third-order valence-corrected chi connectivity index (χ3v) is 2.48. The van der Waals surface area contributed by atoms with Gasteiger partial charge in [0.25, 0.3) is 0 Å². The lowest BCUT2D eigenvalue weighted by atomic mass is 10.0. The van der Waals surface area contributed by atoms with Crippen LogP contribution in [0.25, 0.3) is 0 Å². The quantitative estimate of drug-likeness (QED) is 0.850. The van der Waals surface area contributed by atoms with Gasteiger partial charge in [-0.1, -0.05) is 34.1 Å². The summed E-state index contributed by atoms with van der Waals surface area (Å²) in [5, 5.41) is 17.6. The molecule has 1 atom stereocenters. The normalized spacial score (nSPS) is 12.5. The van der Waals surface area contributed by atoms with E-state index in [-0.39, 0.29) is 0 Å². The van der Waals surface area contributed by atoms with Crippen LogP contribution in [-0.2, 0) is 4.79 Å². The SMILES string of the molecule is O=C(O)C(CO)c1ccccc1Br. The number of hydrogen-bond acceptors (Lipinski definition) is 2. The van der Waals surface area contributed by atoms with Crippen molar-refractivity contribution in [2.45, 2.75) is 5.92 Å². The van der Waals surface area contributed by atoms with Crippen LogP contribution in [0, 0.1) is 0 Å². The summed E-state index contributed by atoms with van der Waals surface area (Å²) >= 11 is 3.23. The van der Waals surface area contributed by atoms with E-state index >= 15 is 0 Å². The maximum Gasteiger partial charge on any atom is 0.313 e. The summed E-state index contributed by atoms with van der Waals surface area (Å²) in [6, 6.07) is 6.97. The first kappa shape index (κ1) is 10.2. The van der Waals surface area contributed by atoms with Gasteiger partial charge >= 0.3 is 5.97 Å². The van der Waals surface area contributed by atoms with Crippen LogP contribution < -0.4 is 0 Å². The maximum atomic E-state index is 10.7. The number of benzene rings is 1. The van der Waals surface area contributed by atoms with E-state index in [1.165, 1.54) is 0 Å². The molecule has 0 heterocycles. The van der Waals surface area contributed by atoms with Crippen molar-refractivity contribution in [2.24, 2.45) is 0 Å². The number of aliphatic hydroxyl groups is 1. The van der Waals surface area contributed by atoms with Gasteiger partial charge in [0.2, 0.25) is 0 Å². The highest BCUT2D eigenvalue weighted by Crippen LogP contribution is 2.24. The number of hydrogen-bond donors (Lipinski definition) is 2. The summed E-state index contributed by atoms with van der Waals surface area (Å²) in [6.07, 6.45) is 0. The Hall–Kier alpha value is -0.870. The van der Waals surface area contributed by atoms with Gasteiger partial charge in [0.05, 0.1) is 6.61 Å². The zero-order valence-corrected chi connectivity index (χ0v) is 8.36. The Labute approximate surface area is 84.1 Å². The van der Waals surface area contributed by atoms with E-state index in [1.54, 1.807) is 24.3 Å². The van der Waals surface area contributed by atoms with Crippen molar-refractivity contribution < 1.29 is 15.0 Å². The van der Waals surface area contributed by atoms with E-state index in [2.05, 4.69) is 15.9 Å². The molecule has 0 fully saturated rings. The van der Waals surface area contributed by atoms with Crippen LogP contribution >= 0.6 is 15.9 Å². The number of halogens is 1. The van der Waals surface area contributed by atoms with Crippen LogP contribution in [0.1, 0.15) is 11.5 Å². The van der Waals surface area contributed by atoms with E-state index in [4.69, 9.17) is 10.2 Å². The van der Waals surface area contributed by atoms with Crippen LogP contribution in [0.2, 0.25) is 0 Å². The Balaban J connectivity index is 3.04. The lowest BCUT2D eigenvalue weighted by Crippen LogP contribution is -2.15. The lowest BCUT2D eigenvalue weighted by Gasteiger charge is -2.10. The standard InChI is InChI=1S/C9H9BrO3/c10-8-4-2-1-3-6(8)7(5-11)9(12)13/h1-4,7,11H,5H2,(H,12,13). The zero-order chi connectivity index (χ0) is 9.84. The molecule has 0 saturated heterocycles. The molecular formula is C9H9BrO3. The highest BCUT2D eigenvalue weighted by atomic mass is 79.9. The maximum absolute atomic E-state index is 10.7. The molecule has 1 aromatic carbocycles. The fourth-order valence-electron chi connectivity index (χ4n) is 1.07. The van der Waals surface area contributed by atoms with Crippen molar-refractivity contribution >= 4 is 21.9 Å². The van der Waals surface area contributed by atoms with Gasteiger partial charge in [-0.2, -0.15) is 0 Å². The first-order valence-corrected chi connectivity index (χ1v) is 4.54. The van der Waals surface area contributed by atoms with E-state index in [1.807, 2.05) is 0 Å². The molecular weight excluding hydrogens is 236 g/mol. The highest BCUT2D eigenvalue weighted by molar-refractivity contribution is 9.10. The third kappa shape index (κ3) is 2.29. The molecule has 3 nitrogen and oxygen atoms in total. The second kappa shape index (κ2) is 4.39. The Kier molecular flexibility index (Phi) is 3.45. The molecule has 0 aliphatic heterocycles. The zero-order valence-electron chi connectivity index (χ0n) is 6.77. The van der Waals surface area contributed by atoms with Gasteiger partial charge in [-0.3, -0.25) is 4.79 Å². The first-order valence-electron chi connectivity index (χ1n) is 3.75. The van der Waals surface area contributed by atoms with Gasteiger partial charge in [0.15, 0.2) is 0 Å². The van der Waals surface area contributed by atoms with Crippen molar-refractivity contribution in [3.05, 3.63) is 34.3 Å².